The predicted molar refractivity (Wildman–Crippen MR) is 83.6 cm³/mol. The quantitative estimate of drug-likeness (QED) is 0.603. The maximum atomic E-state index is 3.61. The van der Waals surface area contributed by atoms with Gasteiger partial charge in [-0.05, 0) is 66.0 Å². The Kier molecular flexibility index (Phi) is 5.14. The Labute approximate surface area is 119 Å². The first-order valence-electron chi connectivity index (χ1n) is 6.76. The lowest BCUT2D eigenvalue weighted by atomic mass is 10.0. The Morgan fingerprint density at radius 1 is 1.18 bits per heavy atom. The van der Waals surface area contributed by atoms with E-state index in [0.29, 0.717) is 0 Å². The molecule has 0 unspecified atom stereocenters. The van der Waals surface area contributed by atoms with Crippen molar-refractivity contribution in [3.63, 3.8) is 0 Å². The highest BCUT2D eigenvalue weighted by atomic mass is 127. The van der Waals surface area contributed by atoms with E-state index in [1.54, 1.807) is 0 Å². The molecule has 1 aromatic carbocycles. The molecule has 2 heteroatoms. The number of halogens is 1. The molecule has 0 aliphatic heterocycles. The summed E-state index contributed by atoms with van der Waals surface area (Å²) in [6.45, 7) is 3.32. The third kappa shape index (κ3) is 4.16. The van der Waals surface area contributed by atoms with Crippen LogP contribution in [-0.2, 0) is 0 Å². The summed E-state index contributed by atoms with van der Waals surface area (Å²) in [5, 5.41) is 3.61. The van der Waals surface area contributed by atoms with Crippen LogP contribution in [0.3, 0.4) is 0 Å². The Morgan fingerprint density at radius 3 is 2.53 bits per heavy atom. The molecule has 0 saturated heterocycles. The van der Waals surface area contributed by atoms with Crippen LogP contribution in [-0.4, -0.2) is 6.54 Å². The van der Waals surface area contributed by atoms with Crippen LogP contribution in [0.15, 0.2) is 18.2 Å². The van der Waals surface area contributed by atoms with E-state index in [-0.39, 0.29) is 0 Å². The van der Waals surface area contributed by atoms with Gasteiger partial charge in [0.05, 0.1) is 0 Å². The van der Waals surface area contributed by atoms with Gasteiger partial charge in [-0.3, -0.25) is 0 Å². The number of hydrogen-bond acceptors (Lipinski definition) is 1. The van der Waals surface area contributed by atoms with Gasteiger partial charge in [-0.25, -0.2) is 0 Å². The Hall–Kier alpha value is -0.250. The summed E-state index contributed by atoms with van der Waals surface area (Å²) in [6.07, 6.45) is 8.57. The van der Waals surface area contributed by atoms with E-state index in [4.69, 9.17) is 0 Å². The second-order valence-corrected chi connectivity index (χ2v) is 6.36. The molecule has 0 radical (unpaired) electrons. The largest absolute Gasteiger partial charge is 0.385 e. The summed E-state index contributed by atoms with van der Waals surface area (Å²) in [6, 6.07) is 6.66. The van der Waals surface area contributed by atoms with Crippen molar-refractivity contribution in [2.45, 2.75) is 45.4 Å². The predicted octanol–water partition coefficient (Wildman–Crippen LogP) is 4.98. The molecule has 0 atom stereocenters. The van der Waals surface area contributed by atoms with Gasteiger partial charge >= 0.3 is 0 Å². The van der Waals surface area contributed by atoms with Crippen LogP contribution in [0.4, 0.5) is 5.69 Å². The van der Waals surface area contributed by atoms with Crippen LogP contribution >= 0.6 is 22.6 Å². The molecular formula is C15H22IN. The summed E-state index contributed by atoms with van der Waals surface area (Å²) < 4.78 is 1.36. The summed E-state index contributed by atoms with van der Waals surface area (Å²) >= 11 is 2.41. The van der Waals surface area contributed by atoms with Gasteiger partial charge in [0.25, 0.3) is 0 Å². The van der Waals surface area contributed by atoms with Crippen molar-refractivity contribution >= 4 is 28.3 Å². The maximum Gasteiger partial charge on any atom is 0.0351 e. The lowest BCUT2D eigenvalue weighted by Crippen LogP contribution is -2.13. The third-order valence-electron chi connectivity index (χ3n) is 3.74. The standard InChI is InChI=1S/C15H22IN/c1-12-8-9-14(10-15(12)16)17-11-13-6-4-2-3-5-7-13/h8-10,13,17H,2-7,11H2,1H3. The zero-order chi connectivity index (χ0) is 12.1. The van der Waals surface area contributed by atoms with E-state index < -0.39 is 0 Å². The fourth-order valence-corrected chi connectivity index (χ4v) is 3.05. The molecule has 1 fully saturated rings. The molecule has 94 valence electrons. The van der Waals surface area contributed by atoms with E-state index in [0.717, 1.165) is 12.5 Å². The average molecular weight is 343 g/mol. The van der Waals surface area contributed by atoms with Gasteiger partial charge in [0.15, 0.2) is 0 Å². The SMILES string of the molecule is Cc1ccc(NCC2CCCCCC2)cc1I. The Morgan fingerprint density at radius 2 is 1.88 bits per heavy atom. The molecule has 1 aliphatic rings. The van der Waals surface area contributed by atoms with Gasteiger partial charge in [0, 0.05) is 15.8 Å². The van der Waals surface area contributed by atoms with Gasteiger partial charge in [-0.2, -0.15) is 0 Å². The minimum absolute atomic E-state index is 0.886. The number of anilines is 1. The lowest BCUT2D eigenvalue weighted by molar-refractivity contribution is 0.483. The van der Waals surface area contributed by atoms with Crippen LogP contribution in [0.5, 0.6) is 0 Å². The van der Waals surface area contributed by atoms with E-state index in [9.17, 15) is 0 Å². The van der Waals surface area contributed by atoms with Crippen molar-refractivity contribution in [2.24, 2.45) is 5.92 Å². The smallest absolute Gasteiger partial charge is 0.0351 e. The molecule has 17 heavy (non-hydrogen) atoms. The Bertz CT molecular complexity index is 354. The van der Waals surface area contributed by atoms with Crippen LogP contribution in [0, 0.1) is 16.4 Å². The van der Waals surface area contributed by atoms with Gasteiger partial charge in [-0.15, -0.1) is 0 Å². The first-order chi connectivity index (χ1) is 8.25. The molecule has 1 N–H and O–H groups in total. The van der Waals surface area contributed by atoms with Crippen LogP contribution in [0.25, 0.3) is 0 Å². The topological polar surface area (TPSA) is 12.0 Å². The minimum Gasteiger partial charge on any atom is -0.385 e. The van der Waals surface area contributed by atoms with Gasteiger partial charge < -0.3 is 5.32 Å². The molecule has 1 aliphatic carbocycles. The average Bonchev–Trinajstić information content (AvgIpc) is 2.59. The highest BCUT2D eigenvalue weighted by molar-refractivity contribution is 14.1. The molecule has 1 saturated carbocycles. The zero-order valence-corrected chi connectivity index (χ0v) is 12.8. The van der Waals surface area contributed by atoms with E-state index in [2.05, 4.69) is 53.0 Å². The van der Waals surface area contributed by atoms with E-state index >= 15 is 0 Å². The maximum absolute atomic E-state index is 3.61. The second-order valence-electron chi connectivity index (χ2n) is 5.20. The van der Waals surface area contributed by atoms with E-state index in [1.165, 1.54) is 53.3 Å². The number of rotatable bonds is 3. The minimum atomic E-state index is 0.886. The molecular weight excluding hydrogens is 321 g/mol. The molecule has 1 nitrogen and oxygen atoms in total. The molecule has 0 spiro atoms. The molecule has 1 aromatic rings. The molecule has 2 rings (SSSR count). The summed E-state index contributed by atoms with van der Waals surface area (Å²) in [5.41, 5.74) is 2.65. The number of aryl methyl sites for hydroxylation is 1. The van der Waals surface area contributed by atoms with Gasteiger partial charge in [0.2, 0.25) is 0 Å². The monoisotopic (exact) mass is 343 g/mol. The second kappa shape index (κ2) is 6.62. The fraction of sp³-hybridized carbons (Fsp3) is 0.600. The molecule has 0 heterocycles. The van der Waals surface area contributed by atoms with Crippen LogP contribution in [0.1, 0.15) is 44.1 Å². The number of nitrogens with one attached hydrogen (secondary N) is 1. The van der Waals surface area contributed by atoms with Crippen molar-refractivity contribution in [3.8, 4) is 0 Å². The summed E-state index contributed by atoms with van der Waals surface area (Å²) in [4.78, 5) is 0. The lowest BCUT2D eigenvalue weighted by Gasteiger charge is -2.16. The normalized spacial score (nSPS) is 17.8. The Balaban J connectivity index is 1.85. The zero-order valence-electron chi connectivity index (χ0n) is 10.6. The van der Waals surface area contributed by atoms with Crippen LogP contribution < -0.4 is 5.32 Å². The highest BCUT2D eigenvalue weighted by Gasteiger charge is 2.11. The van der Waals surface area contributed by atoms with Crippen molar-refractivity contribution in [2.75, 3.05) is 11.9 Å². The third-order valence-corrected chi connectivity index (χ3v) is 4.90. The number of benzene rings is 1. The van der Waals surface area contributed by atoms with Crippen molar-refractivity contribution in [1.29, 1.82) is 0 Å². The fourth-order valence-electron chi connectivity index (χ4n) is 2.53. The van der Waals surface area contributed by atoms with Crippen molar-refractivity contribution in [1.82, 2.24) is 0 Å². The number of hydrogen-bond donors (Lipinski definition) is 1. The van der Waals surface area contributed by atoms with Crippen molar-refractivity contribution in [3.05, 3.63) is 27.3 Å². The summed E-state index contributed by atoms with van der Waals surface area (Å²) in [5.74, 6) is 0.886. The van der Waals surface area contributed by atoms with E-state index in [1.807, 2.05) is 0 Å². The first-order valence-corrected chi connectivity index (χ1v) is 7.83. The summed E-state index contributed by atoms with van der Waals surface area (Å²) in [7, 11) is 0. The highest BCUT2D eigenvalue weighted by Crippen LogP contribution is 2.24. The molecule has 0 bridgehead atoms. The van der Waals surface area contributed by atoms with Crippen molar-refractivity contribution < 1.29 is 0 Å². The first kappa shape index (κ1) is 13.2. The van der Waals surface area contributed by atoms with Gasteiger partial charge in [-0.1, -0.05) is 31.7 Å². The van der Waals surface area contributed by atoms with Crippen LogP contribution in [0.2, 0.25) is 0 Å². The molecule has 0 amide bonds. The van der Waals surface area contributed by atoms with Gasteiger partial charge in [0.1, 0.15) is 0 Å². The molecule has 0 aromatic heterocycles.